The van der Waals surface area contributed by atoms with Crippen LogP contribution in [0.15, 0.2) is 121 Å². The molecule has 9 rings (SSSR count). The normalized spacial score (nSPS) is 11.7. The van der Waals surface area contributed by atoms with Gasteiger partial charge in [-0.3, -0.25) is 30.3 Å². The van der Waals surface area contributed by atoms with E-state index in [9.17, 15) is 40.2 Å². The number of aromatic carboxylic acids is 1. The van der Waals surface area contributed by atoms with Crippen LogP contribution in [0, 0.1) is 30.3 Å². The molecule has 0 radical (unpaired) electrons. The summed E-state index contributed by atoms with van der Waals surface area (Å²) in [6.45, 7) is 0. The molecule has 3 N–H and O–H groups in total. The fourth-order valence-electron chi connectivity index (χ4n) is 7.67. The Labute approximate surface area is 337 Å². The number of hydrogen-bond acceptors (Lipinski definition) is 9. The molecule has 4 aromatic carbocycles. The van der Waals surface area contributed by atoms with E-state index in [-0.39, 0.29) is 39.3 Å². The molecule has 0 spiro atoms. The summed E-state index contributed by atoms with van der Waals surface area (Å²) in [6.07, 6.45) is 6.83. The largest absolute Gasteiger partial charge is 0.478 e. The summed E-state index contributed by atoms with van der Waals surface area (Å²) in [4.78, 5) is 64.8. The van der Waals surface area contributed by atoms with E-state index in [0.29, 0.717) is 72.7 Å². The minimum atomic E-state index is -1.11. The van der Waals surface area contributed by atoms with Crippen molar-refractivity contribution in [3.8, 4) is 44.5 Å². The lowest BCUT2D eigenvalue weighted by atomic mass is 10.0. The summed E-state index contributed by atoms with van der Waals surface area (Å²) in [5.41, 5.74) is 5.51. The van der Waals surface area contributed by atoms with Crippen molar-refractivity contribution in [2.24, 2.45) is 0 Å². The molecular formula is C45H27N7O8. The zero-order valence-corrected chi connectivity index (χ0v) is 30.9. The number of nitrogens with one attached hydrogen (secondary N) is 2. The molecule has 3 aromatic heterocycles. The summed E-state index contributed by atoms with van der Waals surface area (Å²) >= 11 is 0. The number of carbonyl (C=O) groups is 1. The highest BCUT2D eigenvalue weighted by molar-refractivity contribution is 6.02. The van der Waals surface area contributed by atoms with Crippen molar-refractivity contribution in [2.45, 2.75) is 0 Å². The first-order valence-corrected chi connectivity index (χ1v) is 18.3. The number of fused-ring (bicyclic) bond motifs is 8. The van der Waals surface area contributed by atoms with Crippen LogP contribution in [-0.4, -0.2) is 45.8 Å². The van der Waals surface area contributed by atoms with Gasteiger partial charge in [0.05, 0.1) is 59.8 Å². The smallest absolute Gasteiger partial charge is 0.335 e. The van der Waals surface area contributed by atoms with E-state index in [1.165, 1.54) is 30.3 Å². The quantitative estimate of drug-likeness (QED) is 0.0974. The number of H-pyrrole nitrogens is 2. The van der Waals surface area contributed by atoms with Gasteiger partial charge in [0.1, 0.15) is 0 Å². The maximum atomic E-state index is 12.5. The fourth-order valence-corrected chi connectivity index (χ4v) is 7.67. The molecule has 290 valence electrons. The fraction of sp³-hybridized carbons (Fsp3) is 0. The van der Waals surface area contributed by atoms with Crippen molar-refractivity contribution >= 4 is 69.4 Å². The zero-order valence-electron chi connectivity index (χ0n) is 30.9. The van der Waals surface area contributed by atoms with Crippen LogP contribution in [0.4, 0.5) is 17.1 Å². The van der Waals surface area contributed by atoms with Gasteiger partial charge in [0, 0.05) is 62.5 Å². The van der Waals surface area contributed by atoms with Crippen LogP contribution in [0.1, 0.15) is 33.1 Å². The minimum Gasteiger partial charge on any atom is -0.478 e. The Balaban J connectivity index is 1.51. The van der Waals surface area contributed by atoms with Crippen LogP contribution < -0.4 is 0 Å². The van der Waals surface area contributed by atoms with E-state index in [4.69, 9.17) is 9.97 Å². The van der Waals surface area contributed by atoms with Gasteiger partial charge in [-0.2, -0.15) is 0 Å². The van der Waals surface area contributed by atoms with Crippen LogP contribution in [-0.2, 0) is 0 Å². The maximum Gasteiger partial charge on any atom is 0.335 e. The molecule has 8 bridgehead atoms. The number of benzene rings is 4. The lowest BCUT2D eigenvalue weighted by Crippen LogP contribution is -1.96. The highest BCUT2D eigenvalue weighted by atomic mass is 16.6. The van der Waals surface area contributed by atoms with Gasteiger partial charge in [0.15, 0.2) is 0 Å². The molecule has 5 heterocycles. The van der Waals surface area contributed by atoms with Crippen molar-refractivity contribution in [1.82, 2.24) is 19.9 Å². The first-order valence-electron chi connectivity index (χ1n) is 18.3. The van der Waals surface area contributed by atoms with Gasteiger partial charge >= 0.3 is 5.97 Å². The minimum absolute atomic E-state index is 0.0625. The Morgan fingerprint density at radius 3 is 1.10 bits per heavy atom. The predicted molar refractivity (Wildman–Crippen MR) is 228 cm³/mol. The molecule has 15 nitrogen and oxygen atoms in total. The molecule has 0 saturated carbocycles. The van der Waals surface area contributed by atoms with E-state index in [2.05, 4.69) is 9.97 Å². The number of aromatic nitrogens is 4. The van der Waals surface area contributed by atoms with Crippen LogP contribution in [0.2, 0.25) is 0 Å². The monoisotopic (exact) mass is 793 g/mol. The molecule has 15 heteroatoms. The second-order valence-electron chi connectivity index (χ2n) is 13.7. The molecule has 0 amide bonds. The predicted octanol–water partition coefficient (Wildman–Crippen LogP) is 10.7. The number of para-hydroxylation sites is 3. The molecule has 2 aliphatic heterocycles. The summed E-state index contributed by atoms with van der Waals surface area (Å²) in [6, 6.07) is 31.8. The average molecular weight is 794 g/mol. The Morgan fingerprint density at radius 2 is 0.767 bits per heavy atom. The van der Waals surface area contributed by atoms with E-state index in [1.807, 2.05) is 0 Å². The SMILES string of the molecule is O=C(O)c1ccc(-c2c3nc(c(-c4ccccc4[N+](=O)[O-])c4ccc([nH]4)c(-c4ccccc4[N+](=O)[O-])c4nc(c(-c5ccccc5[N+](=O)[O-])c5ccc2[nH]5)C=C4)C=C3)cc1. The van der Waals surface area contributed by atoms with Crippen molar-refractivity contribution in [3.05, 3.63) is 180 Å². The molecular weight excluding hydrogens is 767 g/mol. The van der Waals surface area contributed by atoms with E-state index < -0.39 is 20.7 Å². The standard InChI is InChI=1S/C45H27N7O8/c53-45(54)26-15-13-25(14-16-26)41-30-17-19-32(46-30)42(27-7-1-4-10-38(27)50(55)56)34-21-23-36(48-34)44(29-9-3-6-12-40(29)52(59)60)37-24-22-35(49-37)43(33-20-18-31(41)47-33)28-8-2-5-11-39(28)51(57)58/h1-24,46,49H,(H,53,54). The second-order valence-corrected chi connectivity index (χ2v) is 13.7. The maximum absolute atomic E-state index is 12.5. The van der Waals surface area contributed by atoms with Crippen LogP contribution >= 0.6 is 0 Å². The lowest BCUT2D eigenvalue weighted by Gasteiger charge is -2.08. The summed E-state index contributed by atoms with van der Waals surface area (Å²) < 4.78 is 0. The van der Waals surface area contributed by atoms with Crippen molar-refractivity contribution in [3.63, 3.8) is 0 Å². The molecule has 0 unspecified atom stereocenters. The van der Waals surface area contributed by atoms with Gasteiger partial charge in [-0.1, -0.05) is 48.5 Å². The highest BCUT2D eigenvalue weighted by Crippen LogP contribution is 2.42. The van der Waals surface area contributed by atoms with Crippen molar-refractivity contribution in [2.75, 3.05) is 0 Å². The third kappa shape index (κ3) is 6.33. The third-order valence-electron chi connectivity index (χ3n) is 10.3. The average Bonchev–Trinajstić information content (AvgIpc) is 4.09. The Morgan fingerprint density at radius 1 is 0.450 bits per heavy atom. The van der Waals surface area contributed by atoms with Crippen molar-refractivity contribution < 1.29 is 24.7 Å². The molecule has 0 saturated heterocycles. The summed E-state index contributed by atoms with van der Waals surface area (Å²) in [7, 11) is 0. The number of nitro groups is 3. The lowest BCUT2D eigenvalue weighted by molar-refractivity contribution is -0.384. The highest BCUT2D eigenvalue weighted by Gasteiger charge is 2.26. The molecule has 0 fully saturated rings. The Kier molecular flexibility index (Phi) is 8.94. The number of nitrogens with zero attached hydrogens (tertiary/aromatic N) is 5. The number of aromatic amines is 2. The van der Waals surface area contributed by atoms with Gasteiger partial charge in [-0.25, -0.2) is 14.8 Å². The number of nitro benzene ring substituents is 3. The Bertz CT molecular complexity index is 3180. The van der Waals surface area contributed by atoms with Gasteiger partial charge in [-0.15, -0.1) is 0 Å². The number of hydrogen-bond donors (Lipinski definition) is 3. The number of rotatable bonds is 8. The zero-order chi connectivity index (χ0) is 41.7. The first-order chi connectivity index (χ1) is 29.1. The molecule has 60 heavy (non-hydrogen) atoms. The number of carboxylic acid groups (broad SMARTS) is 1. The van der Waals surface area contributed by atoms with Crippen LogP contribution in [0.25, 0.3) is 90.9 Å². The van der Waals surface area contributed by atoms with E-state index >= 15 is 0 Å². The van der Waals surface area contributed by atoms with Gasteiger partial charge in [0.25, 0.3) is 17.1 Å². The topological polar surface area (TPSA) is 224 Å². The summed E-state index contributed by atoms with van der Waals surface area (Å²) in [5.74, 6) is -1.11. The first kappa shape index (κ1) is 36.8. The third-order valence-corrected chi connectivity index (χ3v) is 10.3. The molecule has 0 atom stereocenters. The van der Waals surface area contributed by atoms with E-state index in [1.54, 1.807) is 115 Å². The molecule has 2 aliphatic rings. The molecule has 7 aromatic rings. The Hall–Kier alpha value is -8.85. The van der Waals surface area contributed by atoms with Gasteiger partial charge in [-0.05, 0) is 84.5 Å². The summed E-state index contributed by atoms with van der Waals surface area (Å²) in [5, 5.41) is 47.2. The van der Waals surface area contributed by atoms with Crippen molar-refractivity contribution in [1.29, 1.82) is 0 Å². The van der Waals surface area contributed by atoms with Gasteiger partial charge in [0.2, 0.25) is 0 Å². The number of carboxylic acids is 1. The van der Waals surface area contributed by atoms with E-state index in [0.717, 1.165) is 0 Å². The van der Waals surface area contributed by atoms with Crippen LogP contribution in [0.3, 0.4) is 0 Å². The molecule has 0 aliphatic carbocycles. The van der Waals surface area contributed by atoms with Gasteiger partial charge < -0.3 is 15.1 Å². The van der Waals surface area contributed by atoms with Crippen LogP contribution in [0.5, 0.6) is 0 Å². The second kappa shape index (κ2) is 14.6.